The Kier molecular flexibility index (Phi) is 6.80. The molecule has 0 unspecified atom stereocenters. The van der Waals surface area contributed by atoms with Crippen molar-refractivity contribution in [2.75, 3.05) is 19.5 Å². The Labute approximate surface area is 204 Å². The minimum Gasteiger partial charge on any atom is -0.494 e. The van der Waals surface area contributed by atoms with Crippen molar-refractivity contribution >= 4 is 11.6 Å². The van der Waals surface area contributed by atoms with Gasteiger partial charge in [-0.05, 0) is 50.7 Å². The van der Waals surface area contributed by atoms with E-state index in [9.17, 15) is 18.0 Å². The van der Waals surface area contributed by atoms with Gasteiger partial charge in [-0.15, -0.1) is 5.10 Å². The largest absolute Gasteiger partial charge is 0.494 e. The lowest BCUT2D eigenvalue weighted by Gasteiger charge is -2.18. The number of benzene rings is 2. The smallest absolute Gasteiger partial charge is 0.416 e. The second-order valence-electron chi connectivity index (χ2n) is 8.16. The quantitative estimate of drug-likeness (QED) is 0.350. The molecule has 188 valence electrons. The molecule has 12 heteroatoms. The number of carbonyl (C=O) groups excluding carboxylic acids is 1. The number of nitrogens with zero attached hydrogens (tertiary/aromatic N) is 4. The van der Waals surface area contributed by atoms with Crippen LogP contribution in [0, 0.1) is 13.8 Å². The van der Waals surface area contributed by atoms with Crippen LogP contribution in [-0.4, -0.2) is 45.3 Å². The highest BCUT2D eigenvalue weighted by Crippen LogP contribution is 2.38. The number of anilines is 1. The van der Waals surface area contributed by atoms with Crippen LogP contribution in [-0.2, 0) is 12.7 Å². The summed E-state index contributed by atoms with van der Waals surface area (Å²) in [5, 5.41) is 20.6. The SMILES string of the molecule is CNCc1cc(C(F)(F)F)cc(NC(=O)c2ccc(C)c(-n3cc(-c4cn[nH]c4C)nn3)c2)c1OC. The van der Waals surface area contributed by atoms with Crippen molar-refractivity contribution in [1.82, 2.24) is 30.5 Å². The molecular formula is C24H24F3N7O2. The maximum Gasteiger partial charge on any atom is 0.416 e. The van der Waals surface area contributed by atoms with Gasteiger partial charge in [0.15, 0.2) is 0 Å². The van der Waals surface area contributed by atoms with Gasteiger partial charge in [-0.3, -0.25) is 9.89 Å². The molecule has 2 aromatic carbocycles. The molecule has 0 fully saturated rings. The number of hydrogen-bond donors (Lipinski definition) is 3. The Hall–Kier alpha value is -4.19. The van der Waals surface area contributed by atoms with Crippen LogP contribution in [0.25, 0.3) is 16.9 Å². The molecule has 36 heavy (non-hydrogen) atoms. The summed E-state index contributed by atoms with van der Waals surface area (Å²) in [5.74, 6) is -0.454. The highest BCUT2D eigenvalue weighted by Gasteiger charge is 2.33. The first-order valence-electron chi connectivity index (χ1n) is 10.9. The Morgan fingerprint density at radius 2 is 1.97 bits per heavy atom. The lowest BCUT2D eigenvalue weighted by molar-refractivity contribution is -0.137. The zero-order valence-electron chi connectivity index (χ0n) is 20.0. The molecule has 0 radical (unpaired) electrons. The highest BCUT2D eigenvalue weighted by atomic mass is 19.4. The van der Waals surface area contributed by atoms with Crippen LogP contribution >= 0.6 is 0 Å². The van der Waals surface area contributed by atoms with Gasteiger partial charge in [-0.25, -0.2) is 4.68 Å². The van der Waals surface area contributed by atoms with Crippen LogP contribution in [0.3, 0.4) is 0 Å². The number of aryl methyl sites for hydroxylation is 2. The normalized spacial score (nSPS) is 11.5. The Balaban J connectivity index is 1.68. The number of nitrogens with one attached hydrogen (secondary N) is 3. The van der Waals surface area contributed by atoms with Crippen LogP contribution < -0.4 is 15.4 Å². The number of alkyl halides is 3. The van der Waals surface area contributed by atoms with Gasteiger partial charge in [0.1, 0.15) is 11.4 Å². The molecule has 2 aromatic heterocycles. The van der Waals surface area contributed by atoms with E-state index >= 15 is 0 Å². The number of methoxy groups -OCH3 is 1. The molecule has 2 heterocycles. The lowest BCUT2D eigenvalue weighted by atomic mass is 10.1. The van der Waals surface area contributed by atoms with Crippen molar-refractivity contribution in [2.45, 2.75) is 26.6 Å². The number of aromatic nitrogens is 5. The number of rotatable bonds is 7. The summed E-state index contributed by atoms with van der Waals surface area (Å²) < 4.78 is 47.4. The van der Waals surface area contributed by atoms with Crippen molar-refractivity contribution in [2.24, 2.45) is 0 Å². The van der Waals surface area contributed by atoms with E-state index in [1.54, 1.807) is 37.6 Å². The second kappa shape index (κ2) is 9.82. The molecule has 0 bridgehead atoms. The molecule has 4 aromatic rings. The second-order valence-corrected chi connectivity index (χ2v) is 8.16. The number of amides is 1. The predicted molar refractivity (Wildman–Crippen MR) is 127 cm³/mol. The summed E-state index contributed by atoms with van der Waals surface area (Å²) in [6, 6.07) is 6.77. The molecule has 0 spiro atoms. The van der Waals surface area contributed by atoms with Crippen molar-refractivity contribution < 1.29 is 22.7 Å². The van der Waals surface area contributed by atoms with Crippen LogP contribution in [0.5, 0.6) is 5.75 Å². The van der Waals surface area contributed by atoms with Crippen molar-refractivity contribution in [1.29, 1.82) is 0 Å². The average molecular weight is 499 g/mol. The molecule has 0 aliphatic heterocycles. The van der Waals surface area contributed by atoms with Crippen LogP contribution in [0.15, 0.2) is 42.7 Å². The van der Waals surface area contributed by atoms with Gasteiger partial charge in [0.25, 0.3) is 5.91 Å². The highest BCUT2D eigenvalue weighted by molar-refractivity contribution is 6.05. The predicted octanol–water partition coefficient (Wildman–Crippen LogP) is 4.27. The zero-order chi connectivity index (χ0) is 26.0. The lowest BCUT2D eigenvalue weighted by Crippen LogP contribution is -2.17. The van der Waals surface area contributed by atoms with Gasteiger partial charge < -0.3 is 15.4 Å². The van der Waals surface area contributed by atoms with Crippen molar-refractivity contribution in [3.05, 3.63) is 70.7 Å². The van der Waals surface area contributed by atoms with Gasteiger partial charge in [0.05, 0.1) is 36.4 Å². The summed E-state index contributed by atoms with van der Waals surface area (Å²) in [6.45, 7) is 3.83. The molecule has 0 atom stereocenters. The molecule has 0 saturated carbocycles. The van der Waals surface area contributed by atoms with Crippen molar-refractivity contribution in [3.63, 3.8) is 0 Å². The summed E-state index contributed by atoms with van der Waals surface area (Å²) in [4.78, 5) is 13.1. The number of aromatic amines is 1. The third-order valence-corrected chi connectivity index (χ3v) is 5.63. The number of halogens is 3. The summed E-state index contributed by atoms with van der Waals surface area (Å²) in [7, 11) is 2.95. The van der Waals surface area contributed by atoms with E-state index in [4.69, 9.17) is 4.74 Å². The minimum atomic E-state index is -4.59. The molecule has 0 saturated heterocycles. The van der Waals surface area contributed by atoms with Crippen molar-refractivity contribution in [3.8, 4) is 22.7 Å². The molecule has 0 aliphatic carbocycles. The molecule has 1 amide bonds. The van der Waals surface area contributed by atoms with E-state index in [1.807, 2.05) is 13.8 Å². The van der Waals surface area contributed by atoms with Gasteiger partial charge in [-0.2, -0.15) is 18.3 Å². The van der Waals surface area contributed by atoms with Gasteiger partial charge in [0, 0.05) is 28.9 Å². The maximum atomic E-state index is 13.5. The first-order chi connectivity index (χ1) is 17.1. The average Bonchev–Trinajstić information content (AvgIpc) is 3.47. The summed E-state index contributed by atoms with van der Waals surface area (Å²) >= 11 is 0. The van der Waals surface area contributed by atoms with E-state index in [0.717, 1.165) is 29.0 Å². The van der Waals surface area contributed by atoms with Crippen LogP contribution in [0.2, 0.25) is 0 Å². The van der Waals surface area contributed by atoms with Crippen LogP contribution in [0.4, 0.5) is 18.9 Å². The standard InChI is InChI=1S/C24H24F3N7O2/c1-13-5-6-15(8-21(13)34-12-20(32-33-34)18-11-29-31-14(18)2)23(35)30-19-9-17(24(25,26)27)7-16(10-28-3)22(19)36-4/h5-9,11-12,28H,10H2,1-4H3,(H,29,31)(H,30,35). The molecule has 0 aliphatic rings. The van der Waals surface area contributed by atoms with Crippen LogP contribution in [0.1, 0.15) is 32.7 Å². The zero-order valence-corrected chi connectivity index (χ0v) is 20.0. The van der Waals surface area contributed by atoms with E-state index in [1.165, 1.54) is 11.8 Å². The Morgan fingerprint density at radius 3 is 2.61 bits per heavy atom. The maximum absolute atomic E-state index is 13.5. The fourth-order valence-electron chi connectivity index (χ4n) is 3.81. The molecule has 4 rings (SSSR count). The third-order valence-electron chi connectivity index (χ3n) is 5.63. The fraction of sp³-hybridized carbons (Fsp3) is 0.250. The van der Waals surface area contributed by atoms with E-state index < -0.39 is 17.6 Å². The van der Waals surface area contributed by atoms with E-state index in [2.05, 4.69) is 31.1 Å². The Morgan fingerprint density at radius 1 is 1.19 bits per heavy atom. The first kappa shape index (κ1) is 24.9. The van der Waals surface area contributed by atoms with Gasteiger partial charge in [0.2, 0.25) is 0 Å². The fourth-order valence-corrected chi connectivity index (χ4v) is 3.81. The van der Waals surface area contributed by atoms with E-state index in [0.29, 0.717) is 11.4 Å². The van der Waals surface area contributed by atoms with E-state index in [-0.39, 0.29) is 29.1 Å². The van der Waals surface area contributed by atoms with Gasteiger partial charge >= 0.3 is 6.18 Å². The molecule has 3 N–H and O–H groups in total. The molecular weight excluding hydrogens is 475 g/mol. The monoisotopic (exact) mass is 499 g/mol. The number of hydrogen-bond acceptors (Lipinski definition) is 6. The number of carbonyl (C=O) groups is 1. The van der Waals surface area contributed by atoms with Gasteiger partial charge in [-0.1, -0.05) is 11.3 Å². The minimum absolute atomic E-state index is 0.0804. The number of ether oxygens (including phenoxy) is 1. The topological polar surface area (TPSA) is 110 Å². The Bertz CT molecular complexity index is 1410. The summed E-state index contributed by atoms with van der Waals surface area (Å²) in [5.41, 5.74) is 3.15. The summed E-state index contributed by atoms with van der Waals surface area (Å²) in [6.07, 6.45) is -1.24. The number of H-pyrrole nitrogens is 1. The molecule has 9 nitrogen and oxygen atoms in total. The first-order valence-corrected chi connectivity index (χ1v) is 10.9. The third kappa shape index (κ3) is 4.93.